The van der Waals surface area contributed by atoms with Gasteiger partial charge in [0.15, 0.2) is 0 Å². The van der Waals surface area contributed by atoms with Crippen LogP contribution in [0.3, 0.4) is 0 Å². The molecule has 17 heavy (non-hydrogen) atoms. The van der Waals surface area contributed by atoms with Crippen molar-refractivity contribution in [1.82, 2.24) is 0 Å². The van der Waals surface area contributed by atoms with Gasteiger partial charge in [-0.2, -0.15) is 0 Å². The summed E-state index contributed by atoms with van der Waals surface area (Å²) >= 11 is 0. The first-order valence-corrected chi connectivity index (χ1v) is 9.62. The number of hydrogen-bond donors (Lipinski definition) is 0. The summed E-state index contributed by atoms with van der Waals surface area (Å²) in [4.78, 5) is 0. The summed E-state index contributed by atoms with van der Waals surface area (Å²) in [7, 11) is 2.25. The van der Waals surface area contributed by atoms with Crippen LogP contribution in [0, 0.1) is 0 Å². The number of rotatable bonds is 6. The highest BCUT2D eigenvalue weighted by atomic mass is 31.1. The van der Waals surface area contributed by atoms with Gasteiger partial charge < -0.3 is 13.3 Å². The number of benzene rings is 1. The van der Waals surface area contributed by atoms with Gasteiger partial charge in [-0.1, -0.05) is 24.3 Å². The molecule has 0 amide bonds. The molecular formula is C12H21O3PSi. The zero-order valence-corrected chi connectivity index (χ0v) is 13.1. The predicted molar refractivity (Wildman–Crippen MR) is 75.3 cm³/mol. The maximum atomic E-state index is 5.55. The van der Waals surface area contributed by atoms with Crippen LogP contribution in [0.4, 0.5) is 0 Å². The molecule has 0 bridgehead atoms. The van der Waals surface area contributed by atoms with Gasteiger partial charge in [0.05, 0.1) is 0 Å². The van der Waals surface area contributed by atoms with E-state index in [1.165, 1.54) is 5.56 Å². The molecule has 3 nitrogen and oxygen atoms in total. The summed E-state index contributed by atoms with van der Waals surface area (Å²) in [6.07, 6.45) is 1.07. The van der Waals surface area contributed by atoms with E-state index in [0.717, 1.165) is 11.3 Å². The van der Waals surface area contributed by atoms with Crippen molar-refractivity contribution in [2.24, 2.45) is 0 Å². The van der Waals surface area contributed by atoms with Gasteiger partial charge in [-0.15, -0.1) is 7.92 Å². The van der Waals surface area contributed by atoms with E-state index in [4.69, 9.17) is 13.3 Å². The Kier molecular flexibility index (Phi) is 5.76. The third-order valence-electron chi connectivity index (χ3n) is 2.64. The standard InChI is InChI=1S/C12H21O3PSi/c1-13-17(14-2,15-3)12-9-7-6-8-11(12)10-16(4)5/h6-9H,10H2,1-5H3. The van der Waals surface area contributed by atoms with Gasteiger partial charge in [0.25, 0.3) is 0 Å². The molecule has 0 fully saturated rings. The fourth-order valence-corrected chi connectivity index (χ4v) is 5.01. The third kappa shape index (κ3) is 3.36. The van der Waals surface area contributed by atoms with Crippen LogP contribution < -0.4 is 5.19 Å². The predicted octanol–water partition coefficient (Wildman–Crippen LogP) is 2.01. The monoisotopic (exact) mass is 272 g/mol. The molecule has 0 unspecified atom stereocenters. The van der Waals surface area contributed by atoms with Gasteiger partial charge in [-0.3, -0.25) is 0 Å². The Balaban J connectivity index is 3.18. The van der Waals surface area contributed by atoms with Crippen LogP contribution in [-0.4, -0.2) is 43.5 Å². The Morgan fingerprint density at radius 3 is 2.00 bits per heavy atom. The van der Waals surface area contributed by atoms with Crippen LogP contribution in [0.25, 0.3) is 0 Å². The minimum absolute atomic E-state index is 0.000420. The van der Waals surface area contributed by atoms with Gasteiger partial charge in [0, 0.05) is 26.5 Å². The fourth-order valence-electron chi connectivity index (χ4n) is 1.88. The van der Waals surface area contributed by atoms with E-state index in [9.17, 15) is 0 Å². The number of hydrogen-bond acceptors (Lipinski definition) is 3. The maximum Gasteiger partial charge on any atom is 0.536 e. The first kappa shape index (κ1) is 14.8. The van der Waals surface area contributed by atoms with Crippen LogP contribution in [0.2, 0.25) is 0 Å². The second-order valence-corrected chi connectivity index (χ2v) is 9.41. The highest BCUT2D eigenvalue weighted by Gasteiger charge is 2.42. The topological polar surface area (TPSA) is 27.7 Å². The molecule has 5 heteroatoms. The van der Waals surface area contributed by atoms with E-state index < -0.39 is 8.80 Å². The SMILES string of the molecule is CO[Si](OC)(OC)c1ccccc1CP(C)C. The molecule has 0 heterocycles. The van der Waals surface area contributed by atoms with Gasteiger partial charge in [0.2, 0.25) is 0 Å². The molecule has 0 aliphatic heterocycles. The van der Waals surface area contributed by atoms with Crippen LogP contribution >= 0.6 is 7.92 Å². The Morgan fingerprint density at radius 1 is 1.00 bits per heavy atom. The first-order valence-electron chi connectivity index (χ1n) is 5.48. The van der Waals surface area contributed by atoms with Gasteiger partial charge in [-0.05, 0) is 25.1 Å². The van der Waals surface area contributed by atoms with Crippen molar-refractivity contribution in [3.63, 3.8) is 0 Å². The van der Waals surface area contributed by atoms with Crippen LogP contribution in [-0.2, 0) is 19.4 Å². The quantitative estimate of drug-likeness (QED) is 0.586. The summed E-state index contributed by atoms with van der Waals surface area (Å²) in [5.74, 6) is 0. The van der Waals surface area contributed by atoms with Crippen molar-refractivity contribution < 1.29 is 13.3 Å². The lowest BCUT2D eigenvalue weighted by molar-refractivity contribution is 0.140. The average molecular weight is 272 g/mol. The van der Waals surface area contributed by atoms with E-state index in [2.05, 4.69) is 31.5 Å². The molecule has 0 aliphatic rings. The Labute approximate surface area is 106 Å². The summed E-state index contributed by atoms with van der Waals surface area (Å²) in [5, 5.41) is 1.09. The lowest BCUT2D eigenvalue weighted by Gasteiger charge is -2.27. The van der Waals surface area contributed by atoms with E-state index in [-0.39, 0.29) is 7.92 Å². The van der Waals surface area contributed by atoms with Crippen LogP contribution in [0.15, 0.2) is 24.3 Å². The molecule has 0 aliphatic carbocycles. The van der Waals surface area contributed by atoms with E-state index in [1.54, 1.807) is 21.3 Å². The second kappa shape index (κ2) is 6.62. The second-order valence-electron chi connectivity index (χ2n) is 4.06. The molecule has 0 atom stereocenters. The smallest absolute Gasteiger partial charge is 0.373 e. The first-order chi connectivity index (χ1) is 8.09. The highest BCUT2D eigenvalue weighted by molar-refractivity contribution is 7.55. The molecule has 0 saturated heterocycles. The fraction of sp³-hybridized carbons (Fsp3) is 0.500. The van der Waals surface area contributed by atoms with Crippen molar-refractivity contribution in [1.29, 1.82) is 0 Å². The Bertz CT molecular complexity index is 345. The highest BCUT2D eigenvalue weighted by Crippen LogP contribution is 2.30. The average Bonchev–Trinajstić information content (AvgIpc) is 2.33. The summed E-state index contributed by atoms with van der Waals surface area (Å²) in [6.45, 7) is 4.53. The molecule has 0 saturated carbocycles. The van der Waals surface area contributed by atoms with Crippen LogP contribution in [0.5, 0.6) is 0 Å². The van der Waals surface area contributed by atoms with Crippen molar-refractivity contribution in [2.75, 3.05) is 34.7 Å². The summed E-state index contributed by atoms with van der Waals surface area (Å²) in [5.41, 5.74) is 1.28. The normalized spacial score (nSPS) is 12.1. The van der Waals surface area contributed by atoms with Gasteiger partial charge in [-0.25, -0.2) is 0 Å². The van der Waals surface area contributed by atoms with Crippen molar-refractivity contribution in [3.05, 3.63) is 29.8 Å². The zero-order valence-electron chi connectivity index (χ0n) is 11.2. The molecular weight excluding hydrogens is 251 g/mol. The lowest BCUT2D eigenvalue weighted by Crippen LogP contribution is -2.55. The molecule has 96 valence electrons. The minimum atomic E-state index is -2.69. The minimum Gasteiger partial charge on any atom is -0.373 e. The largest absolute Gasteiger partial charge is 0.536 e. The van der Waals surface area contributed by atoms with Crippen molar-refractivity contribution in [3.8, 4) is 0 Å². The third-order valence-corrected chi connectivity index (χ3v) is 6.37. The Morgan fingerprint density at radius 2 is 1.53 bits per heavy atom. The molecule has 0 radical (unpaired) electrons. The molecule has 1 aromatic rings. The molecule has 0 N–H and O–H groups in total. The van der Waals surface area contributed by atoms with E-state index in [0.29, 0.717) is 0 Å². The summed E-state index contributed by atoms with van der Waals surface area (Å²) < 4.78 is 16.6. The van der Waals surface area contributed by atoms with Crippen molar-refractivity contribution in [2.45, 2.75) is 6.16 Å². The van der Waals surface area contributed by atoms with Gasteiger partial charge in [0.1, 0.15) is 0 Å². The summed E-state index contributed by atoms with van der Waals surface area (Å²) in [6, 6.07) is 8.25. The van der Waals surface area contributed by atoms with Crippen LogP contribution in [0.1, 0.15) is 5.56 Å². The van der Waals surface area contributed by atoms with Gasteiger partial charge >= 0.3 is 8.80 Å². The Hall–Kier alpha value is -0.253. The zero-order chi connectivity index (χ0) is 12.9. The van der Waals surface area contributed by atoms with E-state index in [1.807, 2.05) is 6.07 Å². The van der Waals surface area contributed by atoms with E-state index >= 15 is 0 Å². The lowest BCUT2D eigenvalue weighted by atomic mass is 10.2. The molecule has 1 rings (SSSR count). The molecule has 1 aromatic carbocycles. The van der Waals surface area contributed by atoms with Crippen molar-refractivity contribution >= 4 is 21.9 Å². The maximum absolute atomic E-state index is 5.55. The molecule has 0 spiro atoms. The molecule has 0 aromatic heterocycles.